The summed E-state index contributed by atoms with van der Waals surface area (Å²) in [6.07, 6.45) is 2.26. The Bertz CT molecular complexity index is 485. The maximum atomic E-state index is 10.8. The lowest BCUT2D eigenvalue weighted by Crippen LogP contribution is -2.39. The average molecular weight is 279 g/mol. The highest BCUT2D eigenvalue weighted by molar-refractivity contribution is 5.58. The van der Waals surface area contributed by atoms with Gasteiger partial charge in [-0.1, -0.05) is 6.92 Å². The molecule has 0 radical (unpaired) electrons. The minimum Gasteiger partial charge on any atom is -0.490 e. The van der Waals surface area contributed by atoms with Crippen LogP contribution in [0.5, 0.6) is 5.75 Å². The van der Waals surface area contributed by atoms with Crippen molar-refractivity contribution in [2.45, 2.75) is 19.8 Å². The molecule has 110 valence electrons. The van der Waals surface area contributed by atoms with Crippen LogP contribution in [0, 0.1) is 15.5 Å². The van der Waals surface area contributed by atoms with E-state index >= 15 is 0 Å². The van der Waals surface area contributed by atoms with E-state index in [0.29, 0.717) is 0 Å². The molecule has 2 N–H and O–H groups in total. The van der Waals surface area contributed by atoms with Gasteiger partial charge in [-0.25, -0.2) is 0 Å². The van der Waals surface area contributed by atoms with Gasteiger partial charge in [-0.15, -0.1) is 0 Å². The zero-order chi connectivity index (χ0) is 14.6. The molecule has 0 unspecified atom stereocenters. The summed E-state index contributed by atoms with van der Waals surface area (Å²) in [6.45, 7) is 5.21. The average Bonchev–Trinajstić information content (AvgIpc) is 2.45. The first-order valence-corrected chi connectivity index (χ1v) is 6.81. The Kier molecular flexibility index (Phi) is 4.44. The lowest BCUT2D eigenvalue weighted by Gasteiger charge is -2.34. The molecule has 1 aliphatic heterocycles. The van der Waals surface area contributed by atoms with E-state index in [1.165, 1.54) is 13.2 Å². The molecule has 0 bridgehead atoms. The highest BCUT2D eigenvalue weighted by atomic mass is 16.6. The van der Waals surface area contributed by atoms with E-state index in [2.05, 4.69) is 17.6 Å². The standard InChI is InChI=1S/C14H21N3O3/c1-14(5-7-15-8-6-14)10-16-11-3-4-12(17(18)19)13(9-11)20-2/h3-4,9,15-16H,5-8,10H2,1-2H3. The molecule has 0 aliphatic carbocycles. The molecule has 1 heterocycles. The first kappa shape index (κ1) is 14.6. The summed E-state index contributed by atoms with van der Waals surface area (Å²) >= 11 is 0. The second kappa shape index (κ2) is 6.09. The van der Waals surface area contributed by atoms with E-state index in [9.17, 15) is 10.1 Å². The van der Waals surface area contributed by atoms with Gasteiger partial charge >= 0.3 is 5.69 Å². The molecular weight excluding hydrogens is 258 g/mol. The van der Waals surface area contributed by atoms with E-state index in [1.807, 2.05) is 0 Å². The number of ether oxygens (including phenoxy) is 1. The van der Waals surface area contributed by atoms with Crippen LogP contribution in [0.25, 0.3) is 0 Å². The second-order valence-corrected chi connectivity index (χ2v) is 5.56. The summed E-state index contributed by atoms with van der Waals surface area (Å²) in [4.78, 5) is 10.4. The van der Waals surface area contributed by atoms with Crippen molar-refractivity contribution in [2.75, 3.05) is 32.1 Å². The van der Waals surface area contributed by atoms with E-state index in [0.717, 1.165) is 38.2 Å². The molecule has 2 rings (SSSR count). The molecule has 1 saturated heterocycles. The van der Waals surface area contributed by atoms with E-state index in [-0.39, 0.29) is 16.9 Å². The zero-order valence-corrected chi connectivity index (χ0v) is 11.9. The van der Waals surface area contributed by atoms with Crippen LogP contribution in [0.2, 0.25) is 0 Å². The lowest BCUT2D eigenvalue weighted by molar-refractivity contribution is -0.385. The highest BCUT2D eigenvalue weighted by Crippen LogP contribution is 2.32. The Balaban J connectivity index is 2.04. The van der Waals surface area contributed by atoms with E-state index in [1.54, 1.807) is 12.1 Å². The van der Waals surface area contributed by atoms with Crippen LogP contribution < -0.4 is 15.4 Å². The highest BCUT2D eigenvalue weighted by Gasteiger charge is 2.26. The van der Waals surface area contributed by atoms with Crippen LogP contribution >= 0.6 is 0 Å². The van der Waals surface area contributed by atoms with E-state index in [4.69, 9.17) is 4.74 Å². The molecule has 0 aromatic heterocycles. The molecule has 1 aromatic rings. The first-order chi connectivity index (χ1) is 9.54. The SMILES string of the molecule is COc1cc(NCC2(C)CCNCC2)ccc1[N+](=O)[O-]. The molecule has 20 heavy (non-hydrogen) atoms. The third-order valence-electron chi connectivity index (χ3n) is 3.91. The van der Waals surface area contributed by atoms with Gasteiger partial charge in [-0.2, -0.15) is 0 Å². The van der Waals surface area contributed by atoms with Gasteiger partial charge in [0.05, 0.1) is 12.0 Å². The third kappa shape index (κ3) is 3.39. The summed E-state index contributed by atoms with van der Waals surface area (Å²) in [5, 5.41) is 17.6. The fraction of sp³-hybridized carbons (Fsp3) is 0.571. The van der Waals surface area contributed by atoms with Gasteiger partial charge in [0.25, 0.3) is 0 Å². The number of nitrogens with one attached hydrogen (secondary N) is 2. The van der Waals surface area contributed by atoms with E-state index < -0.39 is 4.92 Å². The predicted octanol–water partition coefficient (Wildman–Crippen LogP) is 2.41. The van der Waals surface area contributed by atoms with Crippen molar-refractivity contribution in [3.8, 4) is 5.75 Å². The Morgan fingerprint density at radius 3 is 2.75 bits per heavy atom. The van der Waals surface area contributed by atoms with Crippen molar-refractivity contribution >= 4 is 11.4 Å². The number of hydrogen-bond acceptors (Lipinski definition) is 5. The van der Waals surface area contributed by atoms with Crippen molar-refractivity contribution in [2.24, 2.45) is 5.41 Å². The molecule has 0 saturated carbocycles. The molecule has 0 spiro atoms. The number of nitro benzene ring substituents is 1. The molecule has 0 atom stereocenters. The Morgan fingerprint density at radius 1 is 1.45 bits per heavy atom. The number of nitro groups is 1. The number of methoxy groups -OCH3 is 1. The van der Waals surface area contributed by atoms with Gasteiger partial charge in [0.1, 0.15) is 0 Å². The molecular formula is C14H21N3O3. The second-order valence-electron chi connectivity index (χ2n) is 5.56. The van der Waals surface area contributed by atoms with Crippen LogP contribution in [0.4, 0.5) is 11.4 Å². The van der Waals surface area contributed by atoms with Gasteiger partial charge in [0.2, 0.25) is 0 Å². The van der Waals surface area contributed by atoms with Crippen LogP contribution in [0.15, 0.2) is 18.2 Å². The minimum atomic E-state index is -0.434. The number of piperidine rings is 1. The fourth-order valence-corrected chi connectivity index (χ4v) is 2.46. The van der Waals surface area contributed by atoms with Crippen LogP contribution in [0.3, 0.4) is 0 Å². The number of benzene rings is 1. The van der Waals surface area contributed by atoms with Crippen LogP contribution in [-0.2, 0) is 0 Å². The molecule has 6 nitrogen and oxygen atoms in total. The maximum Gasteiger partial charge on any atom is 0.311 e. The predicted molar refractivity (Wildman–Crippen MR) is 78.3 cm³/mol. The van der Waals surface area contributed by atoms with Gasteiger partial charge in [0.15, 0.2) is 5.75 Å². The van der Waals surface area contributed by atoms with Crippen molar-refractivity contribution in [3.63, 3.8) is 0 Å². The van der Waals surface area contributed by atoms with Gasteiger partial charge in [0, 0.05) is 24.4 Å². The number of hydrogen-bond donors (Lipinski definition) is 2. The van der Waals surface area contributed by atoms with Crippen LogP contribution in [0.1, 0.15) is 19.8 Å². The summed E-state index contributed by atoms with van der Waals surface area (Å²) < 4.78 is 5.07. The molecule has 1 aliphatic rings. The third-order valence-corrected chi connectivity index (χ3v) is 3.91. The smallest absolute Gasteiger partial charge is 0.311 e. The Hall–Kier alpha value is -1.82. The monoisotopic (exact) mass is 279 g/mol. The number of nitrogens with zero attached hydrogens (tertiary/aromatic N) is 1. The summed E-state index contributed by atoms with van der Waals surface area (Å²) in [6, 6.07) is 4.89. The quantitative estimate of drug-likeness (QED) is 0.639. The van der Waals surface area contributed by atoms with Gasteiger partial charge in [-0.3, -0.25) is 10.1 Å². The zero-order valence-electron chi connectivity index (χ0n) is 11.9. The number of rotatable bonds is 5. The van der Waals surface area contributed by atoms with Crippen LogP contribution in [-0.4, -0.2) is 31.7 Å². The molecule has 6 heteroatoms. The summed E-state index contributed by atoms with van der Waals surface area (Å²) in [5.74, 6) is 0.287. The van der Waals surface area contributed by atoms with Gasteiger partial charge in [-0.05, 0) is 37.4 Å². The lowest BCUT2D eigenvalue weighted by atomic mass is 9.81. The molecule has 1 fully saturated rings. The van der Waals surface area contributed by atoms with Crippen molar-refractivity contribution in [1.29, 1.82) is 0 Å². The van der Waals surface area contributed by atoms with Crippen molar-refractivity contribution in [3.05, 3.63) is 28.3 Å². The molecule has 0 amide bonds. The topological polar surface area (TPSA) is 76.4 Å². The Labute approximate surface area is 118 Å². The first-order valence-electron chi connectivity index (χ1n) is 6.81. The number of anilines is 1. The van der Waals surface area contributed by atoms with Crippen molar-refractivity contribution in [1.82, 2.24) is 5.32 Å². The van der Waals surface area contributed by atoms with Crippen molar-refractivity contribution < 1.29 is 9.66 Å². The normalized spacial score (nSPS) is 17.5. The largest absolute Gasteiger partial charge is 0.490 e. The molecule has 1 aromatic carbocycles. The fourth-order valence-electron chi connectivity index (χ4n) is 2.46. The summed E-state index contributed by atoms with van der Waals surface area (Å²) in [7, 11) is 1.44. The summed E-state index contributed by atoms with van der Waals surface area (Å²) in [5.41, 5.74) is 1.11. The van der Waals surface area contributed by atoms with Gasteiger partial charge < -0.3 is 15.4 Å². The maximum absolute atomic E-state index is 10.8. The minimum absolute atomic E-state index is 0.00821. The Morgan fingerprint density at radius 2 is 2.15 bits per heavy atom.